The molecule has 5 nitrogen and oxygen atoms in total. The summed E-state index contributed by atoms with van der Waals surface area (Å²) in [5.41, 5.74) is 0.585. The van der Waals surface area contributed by atoms with Gasteiger partial charge in [0.15, 0.2) is 0 Å². The van der Waals surface area contributed by atoms with Gasteiger partial charge in [-0.2, -0.15) is 0 Å². The molecule has 1 saturated heterocycles. The Hall–Kier alpha value is -1.79. The fraction of sp³-hybridized carbons (Fsp3) is 0.429. The average molecular weight is 276 g/mol. The lowest BCUT2D eigenvalue weighted by Crippen LogP contribution is -2.31. The van der Waals surface area contributed by atoms with Crippen LogP contribution in [-0.4, -0.2) is 52.3 Å². The minimum Gasteiger partial charge on any atom is -0.392 e. The van der Waals surface area contributed by atoms with Gasteiger partial charge in [0.1, 0.15) is 18.0 Å². The second kappa shape index (κ2) is 5.30. The number of nitrogens with zero attached hydrogens (tertiary/aromatic N) is 3. The van der Waals surface area contributed by atoms with Crippen LogP contribution in [0.25, 0.3) is 10.9 Å². The quantitative estimate of drug-likeness (QED) is 0.883. The molecule has 2 N–H and O–H groups in total. The van der Waals surface area contributed by atoms with Gasteiger partial charge in [0.05, 0.1) is 17.0 Å². The Morgan fingerprint density at radius 2 is 2.30 bits per heavy atom. The van der Waals surface area contributed by atoms with Gasteiger partial charge in [-0.15, -0.1) is 0 Å². The Morgan fingerprint density at radius 1 is 1.45 bits per heavy atom. The Kier molecular flexibility index (Phi) is 3.50. The van der Waals surface area contributed by atoms with Crippen molar-refractivity contribution in [3.8, 4) is 0 Å². The number of anilines is 1. The highest BCUT2D eigenvalue weighted by Crippen LogP contribution is 2.23. The highest BCUT2D eigenvalue weighted by molar-refractivity contribution is 5.89. The molecule has 2 atom stereocenters. The van der Waals surface area contributed by atoms with E-state index in [1.807, 2.05) is 7.05 Å². The molecule has 0 spiro atoms. The Balaban J connectivity index is 1.81. The predicted molar refractivity (Wildman–Crippen MR) is 75.0 cm³/mol. The summed E-state index contributed by atoms with van der Waals surface area (Å²) < 4.78 is 13.9. The van der Waals surface area contributed by atoms with Crippen LogP contribution in [0.3, 0.4) is 0 Å². The molecule has 1 aliphatic rings. The van der Waals surface area contributed by atoms with Crippen LogP contribution in [0, 0.1) is 5.82 Å². The monoisotopic (exact) mass is 276 g/mol. The molecule has 1 fully saturated rings. The van der Waals surface area contributed by atoms with Crippen molar-refractivity contribution >= 4 is 16.7 Å². The molecule has 0 radical (unpaired) electrons. The molecule has 0 aliphatic carbocycles. The van der Waals surface area contributed by atoms with E-state index in [1.54, 1.807) is 12.1 Å². The van der Waals surface area contributed by atoms with Gasteiger partial charge in [0.2, 0.25) is 0 Å². The van der Waals surface area contributed by atoms with E-state index in [2.05, 4.69) is 20.2 Å². The second-order valence-electron chi connectivity index (χ2n) is 5.22. The summed E-state index contributed by atoms with van der Waals surface area (Å²) >= 11 is 0. The van der Waals surface area contributed by atoms with E-state index < -0.39 is 0 Å². The average Bonchev–Trinajstić information content (AvgIpc) is 2.75. The van der Waals surface area contributed by atoms with Gasteiger partial charge in [0, 0.05) is 19.1 Å². The van der Waals surface area contributed by atoms with E-state index in [4.69, 9.17) is 0 Å². The van der Waals surface area contributed by atoms with Crippen LogP contribution >= 0.6 is 0 Å². The minimum absolute atomic E-state index is 0.224. The minimum atomic E-state index is -0.328. The van der Waals surface area contributed by atoms with Gasteiger partial charge in [-0.3, -0.25) is 4.90 Å². The Labute approximate surface area is 116 Å². The molecule has 3 rings (SSSR count). The van der Waals surface area contributed by atoms with Gasteiger partial charge in [0.25, 0.3) is 0 Å². The zero-order chi connectivity index (χ0) is 14.1. The number of benzene rings is 1. The lowest BCUT2D eigenvalue weighted by molar-refractivity contribution is 0.182. The van der Waals surface area contributed by atoms with Crippen molar-refractivity contribution in [3.63, 3.8) is 0 Å². The van der Waals surface area contributed by atoms with E-state index in [1.165, 1.54) is 12.4 Å². The number of aromatic nitrogens is 2. The van der Waals surface area contributed by atoms with Crippen LogP contribution in [0.5, 0.6) is 0 Å². The first-order valence-electron chi connectivity index (χ1n) is 6.66. The number of aliphatic hydroxyl groups is 1. The lowest BCUT2D eigenvalue weighted by Gasteiger charge is -2.20. The van der Waals surface area contributed by atoms with Crippen molar-refractivity contribution in [2.24, 2.45) is 0 Å². The van der Waals surface area contributed by atoms with E-state index in [9.17, 15) is 9.50 Å². The summed E-state index contributed by atoms with van der Waals surface area (Å²) in [5, 5.41) is 13.2. The van der Waals surface area contributed by atoms with Gasteiger partial charge >= 0.3 is 0 Å². The largest absolute Gasteiger partial charge is 0.392 e. The first kappa shape index (κ1) is 13.2. The smallest absolute Gasteiger partial charge is 0.140 e. The number of rotatable bonds is 3. The third-order valence-electron chi connectivity index (χ3n) is 3.78. The maximum atomic E-state index is 13.9. The van der Waals surface area contributed by atoms with E-state index >= 15 is 0 Å². The zero-order valence-electron chi connectivity index (χ0n) is 11.3. The molecule has 1 aliphatic heterocycles. The zero-order valence-corrected chi connectivity index (χ0v) is 11.3. The first-order valence-corrected chi connectivity index (χ1v) is 6.66. The fourth-order valence-electron chi connectivity index (χ4n) is 2.71. The number of halogens is 1. The van der Waals surface area contributed by atoms with Crippen LogP contribution in [-0.2, 0) is 0 Å². The topological polar surface area (TPSA) is 61.3 Å². The van der Waals surface area contributed by atoms with Gasteiger partial charge < -0.3 is 10.4 Å². The third-order valence-corrected chi connectivity index (χ3v) is 3.78. The Bertz CT molecular complexity index is 616. The van der Waals surface area contributed by atoms with Crippen molar-refractivity contribution in [1.82, 2.24) is 14.9 Å². The standard InChI is InChI=1S/C14H17FN4O/c1-19-7-10(20)5-9(19)6-16-14-13-11(15)3-2-4-12(13)17-8-18-14/h2-4,8-10,20H,5-7H2,1H3,(H,16,17,18)/t9-,10+/m0/s1. The Morgan fingerprint density at radius 3 is 3.05 bits per heavy atom. The summed E-state index contributed by atoms with van der Waals surface area (Å²) in [7, 11) is 1.97. The van der Waals surface area contributed by atoms with Crippen molar-refractivity contribution in [1.29, 1.82) is 0 Å². The SMILES string of the molecule is CN1C[C@H](O)C[C@H]1CNc1ncnc2cccc(F)c12. The maximum absolute atomic E-state index is 13.9. The number of nitrogens with one attached hydrogen (secondary N) is 1. The number of hydrogen-bond acceptors (Lipinski definition) is 5. The number of likely N-dealkylation sites (tertiary alicyclic amines) is 1. The molecule has 20 heavy (non-hydrogen) atoms. The van der Waals surface area contributed by atoms with Gasteiger partial charge in [-0.05, 0) is 25.6 Å². The highest BCUT2D eigenvalue weighted by Gasteiger charge is 2.27. The number of fused-ring (bicyclic) bond motifs is 1. The summed E-state index contributed by atoms with van der Waals surface area (Å²) in [6.07, 6.45) is 1.86. The maximum Gasteiger partial charge on any atom is 0.140 e. The number of β-amino-alcohol motifs (C(OH)–C–C–N with tert-alkyl or cyclic N) is 1. The van der Waals surface area contributed by atoms with Crippen LogP contribution < -0.4 is 5.32 Å². The third kappa shape index (κ3) is 2.44. The summed E-state index contributed by atoms with van der Waals surface area (Å²) in [5.74, 6) is 0.174. The molecule has 0 bridgehead atoms. The van der Waals surface area contributed by atoms with Crippen molar-refractivity contribution < 1.29 is 9.50 Å². The number of likely N-dealkylation sites (N-methyl/N-ethyl adjacent to an activating group) is 1. The highest BCUT2D eigenvalue weighted by atomic mass is 19.1. The molecule has 1 aromatic heterocycles. The summed E-state index contributed by atoms with van der Waals surface area (Å²) in [6, 6.07) is 5.02. The molecule has 0 saturated carbocycles. The van der Waals surface area contributed by atoms with E-state index in [0.29, 0.717) is 29.8 Å². The first-order chi connectivity index (χ1) is 9.65. The molecular formula is C14H17FN4O. The summed E-state index contributed by atoms with van der Waals surface area (Å²) in [6.45, 7) is 1.29. The number of aliphatic hydroxyl groups excluding tert-OH is 1. The van der Waals surface area contributed by atoms with Crippen LogP contribution in [0.1, 0.15) is 6.42 Å². The van der Waals surface area contributed by atoms with Crippen molar-refractivity contribution in [2.45, 2.75) is 18.6 Å². The number of hydrogen-bond donors (Lipinski definition) is 2. The van der Waals surface area contributed by atoms with E-state index in [0.717, 1.165) is 6.42 Å². The van der Waals surface area contributed by atoms with Crippen LogP contribution in [0.2, 0.25) is 0 Å². The van der Waals surface area contributed by atoms with E-state index in [-0.39, 0.29) is 18.0 Å². The summed E-state index contributed by atoms with van der Waals surface area (Å²) in [4.78, 5) is 10.3. The molecule has 0 amide bonds. The molecule has 2 aromatic rings. The molecule has 1 aromatic carbocycles. The molecule has 2 heterocycles. The van der Waals surface area contributed by atoms with Crippen LogP contribution in [0.4, 0.5) is 10.2 Å². The van der Waals surface area contributed by atoms with Crippen LogP contribution in [0.15, 0.2) is 24.5 Å². The molecule has 106 valence electrons. The lowest BCUT2D eigenvalue weighted by atomic mass is 10.2. The second-order valence-corrected chi connectivity index (χ2v) is 5.22. The fourth-order valence-corrected chi connectivity index (χ4v) is 2.71. The molecule has 6 heteroatoms. The van der Waals surface area contributed by atoms with Crippen molar-refractivity contribution in [3.05, 3.63) is 30.3 Å². The molecule has 0 unspecified atom stereocenters. The predicted octanol–water partition coefficient (Wildman–Crippen LogP) is 1.25. The van der Waals surface area contributed by atoms with Crippen molar-refractivity contribution in [2.75, 3.05) is 25.5 Å². The normalized spacial score (nSPS) is 23.4. The van der Waals surface area contributed by atoms with Gasteiger partial charge in [-0.25, -0.2) is 14.4 Å². The van der Waals surface area contributed by atoms with Gasteiger partial charge in [-0.1, -0.05) is 6.07 Å². The molecular weight excluding hydrogens is 259 g/mol.